The van der Waals surface area contributed by atoms with E-state index in [1.807, 2.05) is 24.3 Å². The summed E-state index contributed by atoms with van der Waals surface area (Å²) in [6.45, 7) is 6.27. The number of carbonyl (C=O) groups is 3. The Kier molecular flexibility index (Phi) is 57.5. The molecule has 0 N–H and O–H groups in total. The van der Waals surface area contributed by atoms with Crippen molar-refractivity contribution in [1.82, 2.24) is 0 Å². The van der Waals surface area contributed by atoms with Gasteiger partial charge in [0.15, 0.2) is 6.10 Å². The molecular weight excluding hydrogens is 925 g/mol. The van der Waals surface area contributed by atoms with Gasteiger partial charge in [-0.05, 0) is 122 Å². The summed E-state index contributed by atoms with van der Waals surface area (Å²) in [5.41, 5.74) is 0. The third kappa shape index (κ3) is 59.8. The average molecular weight is 1030 g/mol. The standard InChI is InChI=1S/C69H108O6/c1-4-7-10-13-16-19-22-25-28-31-34-37-40-43-46-49-52-55-58-61-67(70)73-64-66(75-69(72)63-60-57-54-51-48-45-42-39-36-33-30-27-24-21-18-15-12-9-6-3)65-74-68(71)62-59-56-53-50-47-44-41-38-35-32-29-26-23-20-17-14-11-8-5-2/h7,9-10,12,16,18-19,21,25-30,34,36-37,39,43,45-46,48,52,54-55,57,66H,4-6,8,11,13-15,17,20,22-24,31-33,35,38,40-42,44,47,49-51,53,56,58-65H2,1-3H3/b10-7+,12-9+,19-16+,21-18+,28-25+,29-26+,30-27+,37-34+,39-36+,46-43+,48-45+,55-52+,57-54+/t66-/m0/s1. The highest BCUT2D eigenvalue weighted by Gasteiger charge is 2.19. The molecule has 0 rings (SSSR count). The van der Waals surface area contributed by atoms with Gasteiger partial charge < -0.3 is 14.2 Å². The summed E-state index contributed by atoms with van der Waals surface area (Å²) in [5.74, 6) is -1.12. The van der Waals surface area contributed by atoms with Crippen LogP contribution in [0.5, 0.6) is 0 Å². The van der Waals surface area contributed by atoms with Crippen LogP contribution in [-0.4, -0.2) is 37.2 Å². The maximum atomic E-state index is 12.8. The maximum absolute atomic E-state index is 12.8. The minimum absolute atomic E-state index is 0.139. The first-order valence-corrected chi connectivity index (χ1v) is 30.0. The normalized spacial score (nSPS) is 13.3. The van der Waals surface area contributed by atoms with Crippen LogP contribution in [0.25, 0.3) is 0 Å². The summed E-state index contributed by atoms with van der Waals surface area (Å²) in [5, 5.41) is 0. The third-order valence-electron chi connectivity index (χ3n) is 12.0. The Labute approximate surface area is 460 Å². The fraction of sp³-hybridized carbons (Fsp3) is 0.580. The van der Waals surface area contributed by atoms with Crippen molar-refractivity contribution < 1.29 is 28.6 Å². The van der Waals surface area contributed by atoms with Crippen LogP contribution < -0.4 is 0 Å². The Hall–Kier alpha value is -4.97. The SMILES string of the molecule is CC/C=C/C/C=C/C/C=C/C/C=C/C/C=C/C/C=C/CCC(=O)OC[C@@H](COC(=O)CCCCCCCCCCC/C=C/CCCCCCCC)OC(=O)CC/C=C/C/C=C/C/C=C/C/C=C/C/C=C/C/C=C/CC. The van der Waals surface area contributed by atoms with Gasteiger partial charge in [0.05, 0.1) is 0 Å². The van der Waals surface area contributed by atoms with E-state index in [9.17, 15) is 14.4 Å². The lowest BCUT2D eigenvalue weighted by molar-refractivity contribution is -0.166. The van der Waals surface area contributed by atoms with Crippen molar-refractivity contribution in [3.05, 3.63) is 158 Å². The molecule has 0 unspecified atom stereocenters. The van der Waals surface area contributed by atoms with Gasteiger partial charge in [0.25, 0.3) is 0 Å². The molecule has 0 aliphatic rings. The smallest absolute Gasteiger partial charge is 0.306 e. The minimum atomic E-state index is -0.859. The van der Waals surface area contributed by atoms with Crippen LogP contribution in [0, 0.1) is 0 Å². The molecule has 0 aromatic carbocycles. The fourth-order valence-corrected chi connectivity index (χ4v) is 7.61. The molecule has 0 saturated heterocycles. The lowest BCUT2D eigenvalue weighted by Gasteiger charge is -2.18. The second kappa shape index (κ2) is 61.6. The van der Waals surface area contributed by atoms with Crippen LogP contribution in [0.15, 0.2) is 158 Å². The van der Waals surface area contributed by atoms with Crippen molar-refractivity contribution in [2.24, 2.45) is 0 Å². The molecule has 0 saturated carbocycles. The molecule has 0 amide bonds. The monoisotopic (exact) mass is 1030 g/mol. The molecule has 0 aliphatic carbocycles. The first-order chi connectivity index (χ1) is 37.0. The van der Waals surface area contributed by atoms with E-state index in [4.69, 9.17) is 14.2 Å². The zero-order chi connectivity index (χ0) is 54.3. The topological polar surface area (TPSA) is 78.9 Å². The van der Waals surface area contributed by atoms with E-state index in [2.05, 4.69) is 154 Å². The van der Waals surface area contributed by atoms with Crippen LogP contribution in [0.4, 0.5) is 0 Å². The number of carbonyl (C=O) groups excluding carboxylic acids is 3. The lowest BCUT2D eigenvalue weighted by Crippen LogP contribution is -2.30. The first kappa shape index (κ1) is 70.0. The Balaban J connectivity index is 4.63. The zero-order valence-corrected chi connectivity index (χ0v) is 48.0. The summed E-state index contributed by atoms with van der Waals surface area (Å²) < 4.78 is 16.7. The molecular formula is C69H108O6. The van der Waals surface area contributed by atoms with Crippen molar-refractivity contribution >= 4 is 17.9 Å². The van der Waals surface area contributed by atoms with Crippen LogP contribution in [0.1, 0.15) is 239 Å². The number of allylic oxidation sites excluding steroid dienone is 26. The first-order valence-electron chi connectivity index (χ1n) is 30.0. The minimum Gasteiger partial charge on any atom is -0.462 e. The van der Waals surface area contributed by atoms with E-state index >= 15 is 0 Å². The van der Waals surface area contributed by atoms with Crippen LogP contribution in [0.2, 0.25) is 0 Å². The molecule has 0 aliphatic heterocycles. The molecule has 0 aromatic rings. The van der Waals surface area contributed by atoms with Gasteiger partial charge >= 0.3 is 17.9 Å². The molecule has 75 heavy (non-hydrogen) atoms. The summed E-state index contributed by atoms with van der Waals surface area (Å²) in [6, 6.07) is 0. The van der Waals surface area contributed by atoms with E-state index in [0.717, 1.165) is 96.3 Å². The Morgan fingerprint density at radius 1 is 0.280 bits per heavy atom. The molecule has 420 valence electrons. The van der Waals surface area contributed by atoms with Gasteiger partial charge in [-0.3, -0.25) is 14.4 Å². The number of unbranched alkanes of at least 4 members (excludes halogenated alkanes) is 15. The highest BCUT2D eigenvalue weighted by Crippen LogP contribution is 2.14. The molecule has 0 heterocycles. The lowest BCUT2D eigenvalue weighted by atomic mass is 10.1. The number of ether oxygens (including phenoxy) is 3. The molecule has 1 atom stereocenters. The van der Waals surface area contributed by atoms with Gasteiger partial charge in [-0.2, -0.15) is 0 Å². The predicted octanol–water partition coefficient (Wildman–Crippen LogP) is 20.5. The summed E-state index contributed by atoms with van der Waals surface area (Å²) >= 11 is 0. The summed E-state index contributed by atoms with van der Waals surface area (Å²) in [7, 11) is 0. The summed E-state index contributed by atoms with van der Waals surface area (Å²) in [4.78, 5) is 38.2. The van der Waals surface area contributed by atoms with Crippen LogP contribution in [0.3, 0.4) is 0 Å². The molecule has 0 fully saturated rings. The quantitative estimate of drug-likeness (QED) is 0.0261. The second-order valence-electron chi connectivity index (χ2n) is 19.1. The molecule has 0 aromatic heterocycles. The number of rotatable bonds is 52. The van der Waals surface area contributed by atoms with Crippen LogP contribution >= 0.6 is 0 Å². The predicted molar refractivity (Wildman–Crippen MR) is 325 cm³/mol. The van der Waals surface area contributed by atoms with E-state index in [1.54, 1.807) is 0 Å². The van der Waals surface area contributed by atoms with Gasteiger partial charge in [-0.1, -0.05) is 256 Å². The molecule has 6 nitrogen and oxygen atoms in total. The van der Waals surface area contributed by atoms with Gasteiger partial charge in [-0.15, -0.1) is 0 Å². The fourth-order valence-electron chi connectivity index (χ4n) is 7.61. The van der Waals surface area contributed by atoms with Gasteiger partial charge in [-0.25, -0.2) is 0 Å². The van der Waals surface area contributed by atoms with Crippen LogP contribution in [-0.2, 0) is 28.6 Å². The van der Waals surface area contributed by atoms with Crippen molar-refractivity contribution in [3.8, 4) is 0 Å². The highest BCUT2D eigenvalue weighted by atomic mass is 16.6. The Morgan fingerprint density at radius 2 is 0.547 bits per heavy atom. The molecule has 0 bridgehead atoms. The zero-order valence-electron chi connectivity index (χ0n) is 48.0. The van der Waals surface area contributed by atoms with Crippen molar-refractivity contribution in [3.63, 3.8) is 0 Å². The van der Waals surface area contributed by atoms with Gasteiger partial charge in [0.1, 0.15) is 13.2 Å². The molecule has 6 heteroatoms. The highest BCUT2D eigenvalue weighted by molar-refractivity contribution is 5.71. The van der Waals surface area contributed by atoms with Gasteiger partial charge in [0.2, 0.25) is 0 Å². The largest absolute Gasteiger partial charge is 0.462 e. The van der Waals surface area contributed by atoms with Crippen molar-refractivity contribution in [1.29, 1.82) is 0 Å². The third-order valence-corrected chi connectivity index (χ3v) is 12.0. The van der Waals surface area contributed by atoms with Gasteiger partial charge in [0, 0.05) is 19.3 Å². The molecule has 0 radical (unpaired) electrons. The van der Waals surface area contributed by atoms with E-state index in [0.29, 0.717) is 19.3 Å². The number of hydrogen-bond donors (Lipinski definition) is 0. The Bertz CT molecular complexity index is 1710. The average Bonchev–Trinajstić information content (AvgIpc) is 3.41. The molecule has 0 spiro atoms. The van der Waals surface area contributed by atoms with Crippen molar-refractivity contribution in [2.45, 2.75) is 245 Å². The maximum Gasteiger partial charge on any atom is 0.306 e. The van der Waals surface area contributed by atoms with E-state index < -0.39 is 12.1 Å². The number of esters is 3. The number of hydrogen-bond acceptors (Lipinski definition) is 6. The van der Waals surface area contributed by atoms with E-state index in [-0.39, 0.29) is 38.0 Å². The Morgan fingerprint density at radius 3 is 0.893 bits per heavy atom. The van der Waals surface area contributed by atoms with Crippen molar-refractivity contribution in [2.75, 3.05) is 13.2 Å². The second-order valence-corrected chi connectivity index (χ2v) is 19.1. The summed E-state index contributed by atoms with van der Waals surface area (Å²) in [6.07, 6.45) is 89.7. The van der Waals surface area contributed by atoms with E-state index in [1.165, 1.54) is 89.9 Å².